The summed E-state index contributed by atoms with van der Waals surface area (Å²) in [5, 5.41) is 5.82. The predicted octanol–water partition coefficient (Wildman–Crippen LogP) is 2.51. The first-order chi connectivity index (χ1) is 9.04. The fourth-order valence-electron chi connectivity index (χ4n) is 1.51. The monoisotopic (exact) mass is 277 g/mol. The van der Waals surface area contributed by atoms with Crippen LogP contribution in [0.15, 0.2) is 24.3 Å². The van der Waals surface area contributed by atoms with E-state index in [-0.39, 0.29) is 12.1 Å². The van der Waals surface area contributed by atoms with Crippen molar-refractivity contribution < 1.29 is 4.79 Å². The maximum Gasteiger partial charge on any atom is 0.325 e. The molecule has 2 rings (SSSR count). The number of carbonyl (C=O) groups is 1. The Kier molecular flexibility index (Phi) is 4.08. The van der Waals surface area contributed by atoms with Crippen molar-refractivity contribution in [2.45, 2.75) is 19.9 Å². The van der Waals surface area contributed by atoms with E-state index in [9.17, 15) is 4.79 Å². The smallest absolute Gasteiger partial charge is 0.324 e. The first kappa shape index (κ1) is 13.4. The number of hydrogen-bond donors (Lipinski definition) is 3. The minimum absolute atomic E-state index is 0.0735. The molecule has 6 nitrogen and oxygen atoms in total. The van der Waals surface area contributed by atoms with E-state index in [0.29, 0.717) is 16.6 Å². The zero-order valence-electron chi connectivity index (χ0n) is 10.7. The summed E-state index contributed by atoms with van der Waals surface area (Å²) >= 11 is 1.14. The van der Waals surface area contributed by atoms with Gasteiger partial charge in [-0.25, -0.2) is 9.78 Å². The lowest BCUT2D eigenvalue weighted by Crippen LogP contribution is -2.19. The molecule has 0 aliphatic rings. The molecule has 0 spiro atoms. The van der Waals surface area contributed by atoms with E-state index in [2.05, 4.69) is 20.0 Å². The standard InChI is InChI=1S/C12H15N5OS/c1-7(13)9-4-3-5-10(6-9)15-11(18)16-12-14-8(2)17-19-12/h3-7H,13H2,1-2H3,(H2,14,15,16,17,18). The molecule has 1 atom stereocenters. The number of nitrogens with zero attached hydrogens (tertiary/aromatic N) is 2. The lowest BCUT2D eigenvalue weighted by atomic mass is 10.1. The van der Waals surface area contributed by atoms with E-state index in [4.69, 9.17) is 5.73 Å². The Morgan fingerprint density at radius 1 is 1.42 bits per heavy atom. The fraction of sp³-hybridized carbons (Fsp3) is 0.250. The van der Waals surface area contributed by atoms with Gasteiger partial charge >= 0.3 is 6.03 Å². The number of urea groups is 1. The number of amides is 2. The molecule has 2 amide bonds. The molecule has 0 bridgehead atoms. The molecule has 0 aliphatic heterocycles. The largest absolute Gasteiger partial charge is 0.325 e. The van der Waals surface area contributed by atoms with E-state index in [1.165, 1.54) is 0 Å². The highest BCUT2D eigenvalue weighted by Gasteiger charge is 2.07. The molecule has 0 radical (unpaired) electrons. The summed E-state index contributed by atoms with van der Waals surface area (Å²) in [5.41, 5.74) is 7.45. The summed E-state index contributed by atoms with van der Waals surface area (Å²) < 4.78 is 3.99. The number of anilines is 2. The van der Waals surface area contributed by atoms with Crippen LogP contribution in [-0.4, -0.2) is 15.4 Å². The molecule has 100 valence electrons. The minimum atomic E-state index is -0.349. The molecule has 0 saturated carbocycles. The normalized spacial score (nSPS) is 11.9. The van der Waals surface area contributed by atoms with Gasteiger partial charge in [0.2, 0.25) is 5.13 Å². The third kappa shape index (κ3) is 3.73. The van der Waals surface area contributed by atoms with E-state index >= 15 is 0 Å². The zero-order chi connectivity index (χ0) is 13.8. The first-order valence-corrected chi connectivity index (χ1v) is 6.56. The first-order valence-electron chi connectivity index (χ1n) is 5.78. The van der Waals surface area contributed by atoms with E-state index < -0.39 is 0 Å². The molecule has 0 aliphatic carbocycles. The van der Waals surface area contributed by atoms with Crippen molar-refractivity contribution in [3.8, 4) is 0 Å². The van der Waals surface area contributed by atoms with Gasteiger partial charge in [0, 0.05) is 23.3 Å². The molecule has 7 heteroatoms. The maximum atomic E-state index is 11.8. The average molecular weight is 277 g/mol. The van der Waals surface area contributed by atoms with Gasteiger partial charge in [-0.1, -0.05) is 12.1 Å². The number of hydrogen-bond acceptors (Lipinski definition) is 5. The van der Waals surface area contributed by atoms with Gasteiger partial charge in [-0.15, -0.1) is 0 Å². The Labute approximate surface area is 115 Å². The van der Waals surface area contributed by atoms with E-state index in [1.54, 1.807) is 13.0 Å². The molecule has 1 aromatic heterocycles. The average Bonchev–Trinajstić information content (AvgIpc) is 2.74. The van der Waals surface area contributed by atoms with Crippen LogP contribution in [0.25, 0.3) is 0 Å². The van der Waals surface area contributed by atoms with Crippen LogP contribution in [0.2, 0.25) is 0 Å². The Balaban J connectivity index is 2.00. The number of benzene rings is 1. The van der Waals surface area contributed by atoms with Crippen LogP contribution in [0, 0.1) is 6.92 Å². The fourth-order valence-corrected chi connectivity index (χ4v) is 2.08. The van der Waals surface area contributed by atoms with Crippen molar-refractivity contribution >= 4 is 28.4 Å². The van der Waals surface area contributed by atoms with Gasteiger partial charge in [0.15, 0.2) is 0 Å². The SMILES string of the molecule is Cc1nsc(NC(=O)Nc2cccc(C(C)N)c2)n1. The molecule has 1 unspecified atom stereocenters. The second-order valence-corrected chi connectivity index (χ2v) is 4.89. The Morgan fingerprint density at radius 3 is 2.84 bits per heavy atom. The van der Waals surface area contributed by atoms with Gasteiger partial charge in [-0.05, 0) is 31.5 Å². The Bertz CT molecular complexity index is 581. The predicted molar refractivity (Wildman–Crippen MR) is 76.3 cm³/mol. The lowest BCUT2D eigenvalue weighted by Gasteiger charge is -2.09. The van der Waals surface area contributed by atoms with Gasteiger partial charge < -0.3 is 11.1 Å². The summed E-state index contributed by atoms with van der Waals surface area (Å²) in [7, 11) is 0. The summed E-state index contributed by atoms with van der Waals surface area (Å²) in [4.78, 5) is 15.8. The summed E-state index contributed by atoms with van der Waals surface area (Å²) in [6.45, 7) is 3.66. The highest BCUT2D eigenvalue weighted by Crippen LogP contribution is 2.16. The van der Waals surface area contributed by atoms with Crippen LogP contribution >= 0.6 is 11.5 Å². The van der Waals surface area contributed by atoms with Crippen molar-refractivity contribution in [2.75, 3.05) is 10.6 Å². The molecule has 4 N–H and O–H groups in total. The summed E-state index contributed by atoms with van der Waals surface area (Å²) in [6, 6.07) is 6.99. The number of nitrogens with two attached hydrogens (primary N) is 1. The molecule has 1 aromatic carbocycles. The van der Waals surface area contributed by atoms with Crippen LogP contribution < -0.4 is 16.4 Å². The molecule has 1 heterocycles. The number of nitrogens with one attached hydrogen (secondary N) is 2. The third-order valence-corrected chi connectivity index (χ3v) is 3.14. The third-order valence-electron chi connectivity index (χ3n) is 2.42. The summed E-state index contributed by atoms with van der Waals surface area (Å²) in [6.07, 6.45) is 0. The number of aryl methyl sites for hydroxylation is 1. The highest BCUT2D eigenvalue weighted by atomic mass is 32.1. The van der Waals surface area contributed by atoms with Gasteiger partial charge in [0.1, 0.15) is 5.82 Å². The second kappa shape index (κ2) is 5.77. The van der Waals surface area contributed by atoms with Crippen LogP contribution in [0.5, 0.6) is 0 Å². The lowest BCUT2D eigenvalue weighted by molar-refractivity contribution is 0.262. The van der Waals surface area contributed by atoms with E-state index in [0.717, 1.165) is 17.1 Å². The number of rotatable bonds is 3. The van der Waals surface area contributed by atoms with Crippen LogP contribution in [0.3, 0.4) is 0 Å². The zero-order valence-corrected chi connectivity index (χ0v) is 11.5. The Hall–Kier alpha value is -1.99. The van der Waals surface area contributed by atoms with Crippen LogP contribution in [0.4, 0.5) is 15.6 Å². The minimum Gasteiger partial charge on any atom is -0.324 e. The topological polar surface area (TPSA) is 92.9 Å². The van der Waals surface area contributed by atoms with Crippen molar-refractivity contribution in [1.82, 2.24) is 9.36 Å². The van der Waals surface area contributed by atoms with Crippen molar-refractivity contribution in [2.24, 2.45) is 5.73 Å². The highest BCUT2D eigenvalue weighted by molar-refractivity contribution is 7.09. The molecular weight excluding hydrogens is 262 g/mol. The molecule has 19 heavy (non-hydrogen) atoms. The maximum absolute atomic E-state index is 11.8. The van der Waals surface area contributed by atoms with Gasteiger partial charge in [0.05, 0.1) is 0 Å². The van der Waals surface area contributed by atoms with Crippen molar-refractivity contribution in [1.29, 1.82) is 0 Å². The number of carbonyl (C=O) groups excluding carboxylic acids is 1. The molecular formula is C12H15N5OS. The molecule has 0 saturated heterocycles. The van der Waals surface area contributed by atoms with Gasteiger partial charge in [0.25, 0.3) is 0 Å². The molecule has 2 aromatic rings. The quantitative estimate of drug-likeness (QED) is 0.803. The van der Waals surface area contributed by atoms with Crippen molar-refractivity contribution in [3.05, 3.63) is 35.7 Å². The van der Waals surface area contributed by atoms with E-state index in [1.807, 2.05) is 25.1 Å². The molecule has 0 fully saturated rings. The van der Waals surface area contributed by atoms with Crippen molar-refractivity contribution in [3.63, 3.8) is 0 Å². The second-order valence-electron chi connectivity index (χ2n) is 4.14. The Morgan fingerprint density at radius 2 is 2.21 bits per heavy atom. The number of aromatic nitrogens is 2. The summed E-state index contributed by atoms with van der Waals surface area (Å²) in [5.74, 6) is 0.638. The van der Waals surface area contributed by atoms with Crippen LogP contribution in [0.1, 0.15) is 24.4 Å². The van der Waals surface area contributed by atoms with Gasteiger partial charge in [-0.2, -0.15) is 4.37 Å². The van der Waals surface area contributed by atoms with Crippen LogP contribution in [-0.2, 0) is 0 Å². The van der Waals surface area contributed by atoms with Gasteiger partial charge in [-0.3, -0.25) is 5.32 Å².